The molecule has 0 saturated heterocycles. The molecule has 0 bridgehead atoms. The smallest absolute Gasteiger partial charge is 0.266 e. The number of aromatic nitrogens is 3. The number of amides is 1. The summed E-state index contributed by atoms with van der Waals surface area (Å²) in [6.07, 6.45) is 2.71. The molecule has 1 N–H and O–H groups in total. The third-order valence-corrected chi connectivity index (χ3v) is 3.62. The summed E-state index contributed by atoms with van der Waals surface area (Å²) < 4.78 is 7.28. The van der Waals surface area contributed by atoms with Crippen LogP contribution in [0.5, 0.6) is 5.75 Å². The first-order valence-electron chi connectivity index (χ1n) is 8.06. The highest BCUT2D eigenvalue weighted by Crippen LogP contribution is 2.18. The van der Waals surface area contributed by atoms with Crippen molar-refractivity contribution in [2.45, 2.75) is 19.6 Å². The first-order valence-corrected chi connectivity index (χ1v) is 8.06. The van der Waals surface area contributed by atoms with Gasteiger partial charge in [-0.1, -0.05) is 18.2 Å². The lowest BCUT2D eigenvalue weighted by atomic mass is 10.2. The molecule has 1 amide bonds. The zero-order valence-corrected chi connectivity index (χ0v) is 14.2. The van der Waals surface area contributed by atoms with Crippen LogP contribution in [-0.4, -0.2) is 26.8 Å². The van der Waals surface area contributed by atoms with Crippen LogP contribution in [0.4, 0.5) is 5.82 Å². The molecule has 0 radical (unpaired) electrons. The number of rotatable bonds is 6. The van der Waals surface area contributed by atoms with Crippen LogP contribution < -0.4 is 10.1 Å². The van der Waals surface area contributed by atoms with E-state index in [1.807, 2.05) is 24.3 Å². The van der Waals surface area contributed by atoms with Crippen molar-refractivity contribution in [3.8, 4) is 11.8 Å². The quantitative estimate of drug-likeness (QED) is 0.740. The number of nitrogens with zero attached hydrogens (tertiary/aromatic N) is 4. The monoisotopic (exact) mass is 347 g/mol. The van der Waals surface area contributed by atoms with Crippen LogP contribution in [0.15, 0.2) is 60.9 Å². The maximum atomic E-state index is 12.3. The molecule has 0 aliphatic heterocycles. The van der Waals surface area contributed by atoms with Crippen LogP contribution in [-0.2, 0) is 11.3 Å². The first-order chi connectivity index (χ1) is 12.7. The minimum atomic E-state index is -0.773. The van der Waals surface area contributed by atoms with Crippen LogP contribution >= 0.6 is 0 Å². The molecule has 0 unspecified atom stereocenters. The third-order valence-electron chi connectivity index (χ3n) is 3.62. The molecule has 130 valence electrons. The second-order valence-corrected chi connectivity index (χ2v) is 5.58. The van der Waals surface area contributed by atoms with Gasteiger partial charge in [-0.05, 0) is 31.2 Å². The zero-order valence-electron chi connectivity index (χ0n) is 14.2. The lowest BCUT2D eigenvalue weighted by Gasteiger charge is -2.14. The van der Waals surface area contributed by atoms with Crippen molar-refractivity contribution in [3.63, 3.8) is 0 Å². The average Bonchev–Trinajstić information content (AvgIpc) is 3.09. The second-order valence-electron chi connectivity index (χ2n) is 5.58. The van der Waals surface area contributed by atoms with Crippen LogP contribution in [0.2, 0.25) is 0 Å². The highest BCUT2D eigenvalue weighted by molar-refractivity contribution is 5.93. The van der Waals surface area contributed by atoms with E-state index in [4.69, 9.17) is 10.00 Å². The van der Waals surface area contributed by atoms with E-state index < -0.39 is 6.10 Å². The number of ether oxygens (including phenoxy) is 1. The topological polar surface area (TPSA) is 92.8 Å². The van der Waals surface area contributed by atoms with E-state index in [2.05, 4.69) is 15.4 Å². The number of nitriles is 1. The van der Waals surface area contributed by atoms with Gasteiger partial charge in [-0.15, -0.1) is 0 Å². The molecule has 26 heavy (non-hydrogen) atoms. The van der Waals surface area contributed by atoms with E-state index >= 15 is 0 Å². The Hall–Kier alpha value is -3.66. The van der Waals surface area contributed by atoms with Gasteiger partial charge in [0, 0.05) is 18.5 Å². The molecule has 0 aliphatic rings. The Bertz CT molecular complexity index is 930. The molecule has 0 aliphatic carbocycles. The zero-order chi connectivity index (χ0) is 18.4. The summed E-state index contributed by atoms with van der Waals surface area (Å²) in [6.45, 7) is 2.13. The summed E-state index contributed by atoms with van der Waals surface area (Å²) in [5, 5.41) is 16.1. The number of hydrogen-bond acceptors (Lipinski definition) is 5. The Morgan fingerprint density at radius 2 is 2.08 bits per heavy atom. The Kier molecular flexibility index (Phi) is 5.25. The fraction of sp³-hybridized carbons (Fsp3) is 0.158. The Balaban J connectivity index is 1.60. The Labute approximate surface area is 150 Å². The highest BCUT2D eigenvalue weighted by Gasteiger charge is 2.17. The molecule has 7 nitrogen and oxygen atoms in total. The minimum absolute atomic E-state index is 0.346. The number of hydrogen-bond donors (Lipinski definition) is 1. The molecule has 0 saturated carbocycles. The van der Waals surface area contributed by atoms with Gasteiger partial charge in [-0.3, -0.25) is 14.5 Å². The summed E-state index contributed by atoms with van der Waals surface area (Å²) in [5.41, 5.74) is 1.25. The molecule has 3 aromatic rings. The maximum absolute atomic E-state index is 12.3. The molecule has 0 spiro atoms. The normalized spacial score (nSPS) is 11.4. The van der Waals surface area contributed by atoms with Gasteiger partial charge >= 0.3 is 0 Å². The van der Waals surface area contributed by atoms with Gasteiger partial charge < -0.3 is 10.1 Å². The number of carbonyl (C=O) groups excluding carboxylic acids is 1. The van der Waals surface area contributed by atoms with Crippen LogP contribution in [0, 0.1) is 11.3 Å². The number of benzene rings is 1. The molecule has 7 heteroatoms. The molecule has 2 aromatic heterocycles. The highest BCUT2D eigenvalue weighted by atomic mass is 16.5. The van der Waals surface area contributed by atoms with Crippen molar-refractivity contribution in [2.24, 2.45) is 0 Å². The summed E-state index contributed by atoms with van der Waals surface area (Å²) in [4.78, 5) is 16.5. The van der Waals surface area contributed by atoms with Gasteiger partial charge in [0.05, 0.1) is 17.8 Å². The van der Waals surface area contributed by atoms with E-state index in [1.54, 1.807) is 54.3 Å². The lowest BCUT2D eigenvalue weighted by molar-refractivity contribution is -0.122. The van der Waals surface area contributed by atoms with Gasteiger partial charge in [-0.2, -0.15) is 10.4 Å². The van der Waals surface area contributed by atoms with E-state index in [1.165, 1.54) is 0 Å². The van der Waals surface area contributed by atoms with Crippen LogP contribution in [0.1, 0.15) is 18.2 Å². The molecule has 1 aromatic carbocycles. The molecule has 1 atom stereocenters. The van der Waals surface area contributed by atoms with Crippen molar-refractivity contribution < 1.29 is 9.53 Å². The van der Waals surface area contributed by atoms with E-state index in [0.717, 1.165) is 5.69 Å². The summed E-state index contributed by atoms with van der Waals surface area (Å²) in [5.74, 6) is 0.453. The van der Waals surface area contributed by atoms with Crippen LogP contribution in [0.25, 0.3) is 0 Å². The number of nitrogens with one attached hydrogen (secondary N) is 1. The van der Waals surface area contributed by atoms with Gasteiger partial charge in [0.25, 0.3) is 5.91 Å². The van der Waals surface area contributed by atoms with E-state index in [-0.39, 0.29) is 5.91 Å². The second kappa shape index (κ2) is 7.94. The molecule has 2 heterocycles. The van der Waals surface area contributed by atoms with Crippen molar-refractivity contribution in [1.82, 2.24) is 14.8 Å². The molecule has 0 fully saturated rings. The summed E-state index contributed by atoms with van der Waals surface area (Å²) >= 11 is 0. The minimum Gasteiger partial charge on any atom is -0.480 e. The third kappa shape index (κ3) is 4.24. The van der Waals surface area contributed by atoms with E-state index in [0.29, 0.717) is 23.7 Å². The van der Waals surface area contributed by atoms with E-state index in [9.17, 15) is 4.79 Å². The average molecular weight is 347 g/mol. The van der Waals surface area contributed by atoms with Crippen molar-refractivity contribution in [3.05, 3.63) is 72.2 Å². The molecule has 3 rings (SSSR count). The molecular weight excluding hydrogens is 330 g/mol. The number of anilines is 1. The Morgan fingerprint density at radius 3 is 2.85 bits per heavy atom. The SMILES string of the molecule is C[C@H](Oc1ccccc1C#N)C(=O)Nc1ccn(Cc2ccccn2)n1. The van der Waals surface area contributed by atoms with Gasteiger partial charge in [-0.25, -0.2) is 0 Å². The van der Waals surface area contributed by atoms with Crippen LogP contribution in [0.3, 0.4) is 0 Å². The number of pyridine rings is 1. The predicted octanol–water partition coefficient (Wildman–Crippen LogP) is 2.60. The summed E-state index contributed by atoms with van der Waals surface area (Å²) in [6, 6.07) is 16.2. The Morgan fingerprint density at radius 1 is 1.27 bits per heavy atom. The first kappa shape index (κ1) is 17.2. The van der Waals surface area contributed by atoms with Gasteiger partial charge in [0.2, 0.25) is 0 Å². The number of carbonyl (C=O) groups is 1. The van der Waals surface area contributed by atoms with Crippen molar-refractivity contribution >= 4 is 11.7 Å². The predicted molar refractivity (Wildman–Crippen MR) is 95.4 cm³/mol. The fourth-order valence-corrected chi connectivity index (χ4v) is 2.31. The van der Waals surface area contributed by atoms with Crippen molar-refractivity contribution in [1.29, 1.82) is 5.26 Å². The summed E-state index contributed by atoms with van der Waals surface area (Å²) in [7, 11) is 0. The fourth-order valence-electron chi connectivity index (χ4n) is 2.31. The van der Waals surface area contributed by atoms with Gasteiger partial charge in [0.15, 0.2) is 11.9 Å². The molecular formula is C19H17N5O2. The van der Waals surface area contributed by atoms with Gasteiger partial charge in [0.1, 0.15) is 11.8 Å². The van der Waals surface area contributed by atoms with Crippen molar-refractivity contribution in [2.75, 3.05) is 5.32 Å². The lowest BCUT2D eigenvalue weighted by Crippen LogP contribution is -2.30. The maximum Gasteiger partial charge on any atom is 0.266 e. The standard InChI is InChI=1S/C19H17N5O2/c1-14(26-17-8-3-2-6-15(17)12-20)19(25)22-18-9-11-24(23-18)13-16-7-4-5-10-21-16/h2-11,14H,13H2,1H3,(H,22,23,25)/t14-/m0/s1. The largest absolute Gasteiger partial charge is 0.480 e. The number of para-hydroxylation sites is 1.